The highest BCUT2D eigenvalue weighted by Gasteiger charge is 2.38. The van der Waals surface area contributed by atoms with E-state index < -0.39 is 33.6 Å². The number of aromatic nitrogens is 2. The highest BCUT2D eigenvalue weighted by atomic mass is 35.5. The SMILES string of the molecule is CSc1sc(C(=N)N)cc1S(=O)(=O)c1cc(Cl)c2c(c1)ncn2Cc1c(F)cccc1F.O=C(O)C(F)(F)F. The molecule has 8 nitrogen and oxygen atoms in total. The van der Waals surface area contributed by atoms with Crippen LogP contribution in [0.15, 0.2) is 56.7 Å². The average molecular weight is 627 g/mol. The van der Waals surface area contributed by atoms with E-state index in [2.05, 4.69) is 4.98 Å². The molecule has 39 heavy (non-hydrogen) atoms. The number of carbonyl (C=O) groups is 1. The number of sulfone groups is 1. The molecule has 0 bridgehead atoms. The first-order valence-corrected chi connectivity index (χ1v) is 14.1. The smallest absolute Gasteiger partial charge is 0.475 e. The fourth-order valence-electron chi connectivity index (χ4n) is 3.21. The van der Waals surface area contributed by atoms with Crippen LogP contribution in [0.4, 0.5) is 22.0 Å². The second kappa shape index (κ2) is 11.5. The first-order valence-electron chi connectivity index (χ1n) is 10.2. The van der Waals surface area contributed by atoms with Gasteiger partial charge < -0.3 is 15.4 Å². The fraction of sp³-hybridized carbons (Fsp3) is 0.136. The number of hydrogen-bond acceptors (Lipinski definition) is 7. The third kappa shape index (κ3) is 6.51. The zero-order valence-corrected chi connectivity index (χ0v) is 22.6. The van der Waals surface area contributed by atoms with Gasteiger partial charge in [0.05, 0.1) is 47.8 Å². The van der Waals surface area contributed by atoms with Crippen molar-refractivity contribution < 1.29 is 40.3 Å². The second-order valence-corrected chi connectivity index (χ2v) is 12.0. The molecule has 0 spiro atoms. The van der Waals surface area contributed by atoms with Crippen molar-refractivity contribution >= 4 is 67.4 Å². The van der Waals surface area contributed by atoms with Crippen molar-refractivity contribution in [2.75, 3.05) is 6.26 Å². The van der Waals surface area contributed by atoms with Crippen LogP contribution < -0.4 is 5.73 Å². The van der Waals surface area contributed by atoms with E-state index >= 15 is 0 Å². The predicted molar refractivity (Wildman–Crippen MR) is 136 cm³/mol. The quantitative estimate of drug-likeness (QED) is 0.110. The molecule has 2 aromatic heterocycles. The molecule has 17 heteroatoms. The number of aliphatic carboxylic acids is 1. The molecule has 4 aromatic rings. The van der Waals surface area contributed by atoms with E-state index in [0.29, 0.717) is 14.6 Å². The van der Waals surface area contributed by atoms with E-state index in [1.54, 1.807) is 6.26 Å². The molecule has 0 amide bonds. The van der Waals surface area contributed by atoms with Crippen LogP contribution in [0.25, 0.3) is 11.0 Å². The van der Waals surface area contributed by atoms with Crippen molar-refractivity contribution in [2.24, 2.45) is 5.73 Å². The molecule has 2 heterocycles. The highest BCUT2D eigenvalue weighted by molar-refractivity contribution is 8.01. The van der Waals surface area contributed by atoms with Gasteiger partial charge in [0.2, 0.25) is 9.84 Å². The van der Waals surface area contributed by atoms with Gasteiger partial charge in [0, 0.05) is 5.56 Å². The van der Waals surface area contributed by atoms with Crippen molar-refractivity contribution in [2.45, 2.75) is 26.7 Å². The molecule has 208 valence electrons. The van der Waals surface area contributed by atoms with Crippen LogP contribution in [0.3, 0.4) is 0 Å². The number of nitrogens with one attached hydrogen (secondary N) is 1. The molecule has 0 atom stereocenters. The standard InChI is InChI=1S/C20H15ClF2N4O2S3.C2HF3O2/c1-30-20-17(7-16(31-20)19(24)25)32(28,29)10-5-12(21)18-15(6-10)26-9-27(18)8-11-13(22)3-2-4-14(11)23;3-2(4,5)1(6)7/h2-7,9H,8H2,1H3,(H3,24,25);(H,6,7). The van der Waals surface area contributed by atoms with Crippen LogP contribution in [-0.2, 0) is 21.2 Å². The Kier molecular flexibility index (Phi) is 8.94. The molecule has 0 aliphatic rings. The summed E-state index contributed by atoms with van der Waals surface area (Å²) in [5.41, 5.74) is 5.99. The Labute approximate surface area is 230 Å². The molecule has 0 aliphatic carbocycles. The van der Waals surface area contributed by atoms with Gasteiger partial charge in [0.15, 0.2) is 0 Å². The molecule has 0 unspecified atom stereocenters. The van der Waals surface area contributed by atoms with Gasteiger partial charge in [-0.3, -0.25) is 5.41 Å². The summed E-state index contributed by atoms with van der Waals surface area (Å²) < 4.78 is 88.5. The molecule has 4 rings (SSSR count). The van der Waals surface area contributed by atoms with Crippen molar-refractivity contribution in [1.29, 1.82) is 5.41 Å². The van der Waals surface area contributed by atoms with Crippen molar-refractivity contribution in [3.8, 4) is 0 Å². The number of rotatable bonds is 6. The maximum atomic E-state index is 14.1. The van der Waals surface area contributed by atoms with E-state index in [0.717, 1.165) is 23.5 Å². The summed E-state index contributed by atoms with van der Waals surface area (Å²) in [6.45, 7) is -0.163. The summed E-state index contributed by atoms with van der Waals surface area (Å²) in [6.07, 6.45) is -2.00. The maximum absolute atomic E-state index is 14.1. The van der Waals surface area contributed by atoms with Gasteiger partial charge in [-0.15, -0.1) is 23.1 Å². The van der Waals surface area contributed by atoms with Crippen LogP contribution in [-0.4, -0.2) is 47.3 Å². The monoisotopic (exact) mass is 626 g/mol. The Hall–Kier alpha value is -3.21. The molecule has 4 N–H and O–H groups in total. The summed E-state index contributed by atoms with van der Waals surface area (Å²) in [4.78, 5) is 13.4. The molecule has 2 aromatic carbocycles. The average Bonchev–Trinajstić information content (AvgIpc) is 3.46. The molecule has 0 radical (unpaired) electrons. The number of carboxylic acids is 1. The Morgan fingerprint density at radius 2 is 1.82 bits per heavy atom. The minimum atomic E-state index is -5.08. The van der Waals surface area contributed by atoms with Crippen LogP contribution >= 0.6 is 34.7 Å². The first kappa shape index (κ1) is 30.3. The van der Waals surface area contributed by atoms with Crippen LogP contribution in [0, 0.1) is 17.0 Å². The number of fused-ring (bicyclic) bond motifs is 1. The number of nitrogens with zero attached hydrogens (tertiary/aromatic N) is 2. The number of thioether (sulfide) groups is 1. The Morgan fingerprint density at radius 1 is 1.23 bits per heavy atom. The zero-order chi connectivity index (χ0) is 29.3. The Morgan fingerprint density at radius 3 is 2.33 bits per heavy atom. The number of nitrogens with two attached hydrogens (primary N) is 1. The third-order valence-electron chi connectivity index (χ3n) is 4.99. The van der Waals surface area contributed by atoms with Gasteiger partial charge in [0.25, 0.3) is 0 Å². The molecular weight excluding hydrogens is 611 g/mol. The second-order valence-electron chi connectivity index (χ2n) is 7.53. The highest BCUT2D eigenvalue weighted by Crippen LogP contribution is 2.38. The number of benzene rings is 2. The van der Waals surface area contributed by atoms with E-state index in [9.17, 15) is 30.4 Å². The van der Waals surface area contributed by atoms with Gasteiger partial charge in [0.1, 0.15) is 17.5 Å². The summed E-state index contributed by atoms with van der Waals surface area (Å²) in [6, 6.07) is 7.60. The van der Waals surface area contributed by atoms with E-state index in [1.165, 1.54) is 46.9 Å². The number of thiophene rings is 1. The summed E-state index contributed by atoms with van der Waals surface area (Å²) >= 11 is 8.76. The van der Waals surface area contributed by atoms with E-state index in [4.69, 9.17) is 32.6 Å². The fourth-order valence-corrected chi connectivity index (χ4v) is 7.50. The largest absolute Gasteiger partial charge is 0.490 e. The number of carboxylic acid groups (broad SMARTS) is 1. The van der Waals surface area contributed by atoms with Gasteiger partial charge in [-0.05, 0) is 36.6 Å². The topological polar surface area (TPSA) is 139 Å². The lowest BCUT2D eigenvalue weighted by molar-refractivity contribution is -0.192. The lowest BCUT2D eigenvalue weighted by Gasteiger charge is -2.10. The van der Waals surface area contributed by atoms with Crippen LogP contribution in [0.5, 0.6) is 0 Å². The number of amidine groups is 1. The number of halogens is 6. The minimum absolute atomic E-state index is 0.0310. The van der Waals surface area contributed by atoms with Gasteiger partial charge in [-0.1, -0.05) is 17.7 Å². The zero-order valence-electron chi connectivity index (χ0n) is 19.4. The number of imidazole rings is 1. The first-order chi connectivity index (χ1) is 18.1. The normalized spacial score (nSPS) is 11.8. The number of hydrogen-bond donors (Lipinski definition) is 3. The maximum Gasteiger partial charge on any atom is 0.490 e. The predicted octanol–water partition coefficient (Wildman–Crippen LogP) is 5.55. The third-order valence-corrected chi connectivity index (χ3v) is 9.60. The lowest BCUT2D eigenvalue weighted by Crippen LogP contribution is -2.21. The van der Waals surface area contributed by atoms with Crippen LogP contribution in [0.2, 0.25) is 5.02 Å². The molecule has 0 aliphatic heterocycles. The van der Waals surface area contributed by atoms with Crippen molar-refractivity contribution in [3.63, 3.8) is 0 Å². The number of nitrogen functional groups attached to an aromatic ring is 1. The van der Waals surface area contributed by atoms with Gasteiger partial charge >= 0.3 is 12.1 Å². The molecular formula is C22H16ClF5N4O4S3. The lowest BCUT2D eigenvalue weighted by atomic mass is 10.2. The van der Waals surface area contributed by atoms with Gasteiger partial charge in [-0.25, -0.2) is 27.0 Å². The minimum Gasteiger partial charge on any atom is -0.475 e. The Balaban J connectivity index is 0.000000532. The van der Waals surface area contributed by atoms with Crippen molar-refractivity contribution in [1.82, 2.24) is 9.55 Å². The summed E-state index contributed by atoms with van der Waals surface area (Å²) in [7, 11) is -3.99. The van der Waals surface area contributed by atoms with Gasteiger partial charge in [-0.2, -0.15) is 13.2 Å². The summed E-state index contributed by atoms with van der Waals surface area (Å²) in [5.74, 6) is -4.39. The van der Waals surface area contributed by atoms with E-state index in [1.807, 2.05) is 0 Å². The van der Waals surface area contributed by atoms with Crippen molar-refractivity contribution in [3.05, 3.63) is 69.8 Å². The van der Waals surface area contributed by atoms with E-state index in [-0.39, 0.29) is 38.3 Å². The molecule has 0 saturated heterocycles. The van der Waals surface area contributed by atoms with Crippen LogP contribution in [0.1, 0.15) is 10.4 Å². The molecule has 0 fully saturated rings. The Bertz CT molecular complexity index is 1670. The summed E-state index contributed by atoms with van der Waals surface area (Å²) in [5, 5.41) is 14.8. The number of alkyl halides is 3. The molecule has 0 saturated carbocycles.